The van der Waals surface area contributed by atoms with Crippen molar-refractivity contribution in [2.75, 3.05) is 5.32 Å². The van der Waals surface area contributed by atoms with Gasteiger partial charge in [-0.05, 0) is 34.7 Å². The fourth-order valence-corrected chi connectivity index (χ4v) is 3.57. The molecule has 2 N–H and O–H groups in total. The minimum absolute atomic E-state index is 0.0992. The molecule has 7 heteroatoms. The van der Waals surface area contributed by atoms with Crippen LogP contribution in [0.5, 0.6) is 0 Å². The summed E-state index contributed by atoms with van der Waals surface area (Å²) < 4.78 is 1.78. The van der Waals surface area contributed by atoms with Crippen LogP contribution in [-0.4, -0.2) is 21.6 Å². The third kappa shape index (κ3) is 5.01. The molecule has 0 aliphatic rings. The van der Waals surface area contributed by atoms with Crippen molar-refractivity contribution in [3.8, 4) is 0 Å². The Labute approximate surface area is 178 Å². The molecule has 0 aliphatic heterocycles. The van der Waals surface area contributed by atoms with Crippen LogP contribution in [0.25, 0.3) is 0 Å². The highest BCUT2D eigenvalue weighted by atomic mass is 32.1. The highest BCUT2D eigenvalue weighted by Gasteiger charge is 2.09. The largest absolute Gasteiger partial charge is 0.347 e. The van der Waals surface area contributed by atoms with Crippen LogP contribution < -0.4 is 10.6 Å². The van der Waals surface area contributed by atoms with Gasteiger partial charge in [0.25, 0.3) is 11.8 Å². The van der Waals surface area contributed by atoms with Gasteiger partial charge in [0.05, 0.1) is 11.4 Å². The number of hydrogen-bond donors (Lipinski definition) is 2. The van der Waals surface area contributed by atoms with Crippen molar-refractivity contribution in [1.82, 2.24) is 15.1 Å². The highest BCUT2D eigenvalue weighted by molar-refractivity contribution is 7.12. The predicted molar refractivity (Wildman–Crippen MR) is 118 cm³/mol. The number of hydrogen-bond acceptors (Lipinski definition) is 4. The summed E-state index contributed by atoms with van der Waals surface area (Å²) in [5.41, 5.74) is 2.59. The first-order chi connectivity index (χ1) is 14.7. The standard InChI is InChI=1S/C23H20N4O2S/c28-22(25-21-12-13-27(26-21)16-18-5-2-1-3-6-18)19-10-8-17(9-11-19)15-24-23(29)20-7-4-14-30-20/h1-14H,15-16H2,(H,24,29)(H,25,26,28). The van der Waals surface area contributed by atoms with Crippen LogP contribution in [-0.2, 0) is 13.1 Å². The monoisotopic (exact) mass is 416 g/mol. The van der Waals surface area contributed by atoms with Gasteiger partial charge in [-0.15, -0.1) is 11.3 Å². The Kier molecular flexibility index (Phi) is 6.01. The van der Waals surface area contributed by atoms with E-state index in [1.165, 1.54) is 11.3 Å². The molecule has 0 saturated heterocycles. The first-order valence-corrected chi connectivity index (χ1v) is 10.3. The maximum Gasteiger partial charge on any atom is 0.261 e. The van der Waals surface area contributed by atoms with E-state index in [1.807, 2.05) is 60.1 Å². The number of thiophene rings is 1. The molecule has 0 unspecified atom stereocenters. The Morgan fingerprint density at radius 2 is 1.67 bits per heavy atom. The highest BCUT2D eigenvalue weighted by Crippen LogP contribution is 2.11. The first-order valence-electron chi connectivity index (χ1n) is 9.47. The summed E-state index contributed by atoms with van der Waals surface area (Å²) in [6.45, 7) is 1.05. The van der Waals surface area contributed by atoms with Crippen molar-refractivity contribution in [3.05, 3.63) is 106 Å². The van der Waals surface area contributed by atoms with Crippen LogP contribution in [0.3, 0.4) is 0 Å². The molecule has 30 heavy (non-hydrogen) atoms. The van der Waals surface area contributed by atoms with Gasteiger partial charge in [-0.2, -0.15) is 5.10 Å². The van der Waals surface area contributed by atoms with Gasteiger partial charge in [-0.3, -0.25) is 14.3 Å². The van der Waals surface area contributed by atoms with Gasteiger partial charge in [0, 0.05) is 24.4 Å². The lowest BCUT2D eigenvalue weighted by Crippen LogP contribution is -2.21. The molecular formula is C23H20N4O2S. The molecule has 2 aromatic carbocycles. The summed E-state index contributed by atoms with van der Waals surface area (Å²) >= 11 is 1.40. The third-order valence-corrected chi connectivity index (χ3v) is 5.35. The molecule has 0 atom stereocenters. The SMILES string of the molecule is O=C(Nc1ccn(Cc2ccccc2)n1)c1ccc(CNC(=O)c2cccs2)cc1. The zero-order chi connectivity index (χ0) is 20.8. The number of amides is 2. The summed E-state index contributed by atoms with van der Waals surface area (Å²) in [5, 5.41) is 12.0. The van der Waals surface area contributed by atoms with Gasteiger partial charge in [0.2, 0.25) is 0 Å². The zero-order valence-electron chi connectivity index (χ0n) is 16.1. The number of nitrogens with zero attached hydrogens (tertiary/aromatic N) is 2. The van der Waals surface area contributed by atoms with Crippen molar-refractivity contribution in [3.63, 3.8) is 0 Å². The normalized spacial score (nSPS) is 10.5. The second kappa shape index (κ2) is 9.19. The number of carbonyl (C=O) groups is 2. The fourth-order valence-electron chi connectivity index (χ4n) is 2.93. The van der Waals surface area contributed by atoms with Gasteiger partial charge in [0.1, 0.15) is 0 Å². The molecule has 4 aromatic rings. The molecule has 0 fully saturated rings. The van der Waals surface area contributed by atoms with Crippen LogP contribution in [0, 0.1) is 0 Å². The third-order valence-electron chi connectivity index (χ3n) is 4.48. The molecule has 150 valence electrons. The van der Waals surface area contributed by atoms with E-state index in [2.05, 4.69) is 15.7 Å². The second-order valence-corrected chi connectivity index (χ2v) is 7.64. The zero-order valence-corrected chi connectivity index (χ0v) is 16.9. The minimum atomic E-state index is -0.228. The van der Waals surface area contributed by atoms with E-state index in [0.29, 0.717) is 29.3 Å². The number of anilines is 1. The van der Waals surface area contributed by atoms with Crippen LogP contribution >= 0.6 is 11.3 Å². The van der Waals surface area contributed by atoms with Crippen molar-refractivity contribution >= 4 is 29.0 Å². The summed E-state index contributed by atoms with van der Waals surface area (Å²) in [4.78, 5) is 25.2. The van der Waals surface area contributed by atoms with Crippen molar-refractivity contribution < 1.29 is 9.59 Å². The van der Waals surface area contributed by atoms with Gasteiger partial charge < -0.3 is 10.6 Å². The molecule has 0 spiro atoms. The lowest BCUT2D eigenvalue weighted by Gasteiger charge is -2.06. The van der Waals surface area contributed by atoms with Gasteiger partial charge >= 0.3 is 0 Å². The van der Waals surface area contributed by atoms with Gasteiger partial charge in [0.15, 0.2) is 5.82 Å². The van der Waals surface area contributed by atoms with Crippen molar-refractivity contribution in [1.29, 1.82) is 0 Å². The Bertz CT molecular complexity index is 1120. The molecule has 2 aromatic heterocycles. The number of carbonyl (C=O) groups excluding carboxylic acids is 2. The minimum Gasteiger partial charge on any atom is -0.347 e. The number of benzene rings is 2. The molecular weight excluding hydrogens is 396 g/mol. The van der Waals surface area contributed by atoms with E-state index in [9.17, 15) is 9.59 Å². The maximum atomic E-state index is 12.5. The Balaban J connectivity index is 1.31. The second-order valence-electron chi connectivity index (χ2n) is 6.70. The number of rotatable bonds is 7. The van der Waals surface area contributed by atoms with Crippen LogP contribution in [0.2, 0.25) is 0 Å². The first kappa shape index (κ1) is 19.6. The van der Waals surface area contributed by atoms with E-state index in [1.54, 1.807) is 28.9 Å². The molecule has 0 radical (unpaired) electrons. The Hall–Kier alpha value is -3.71. The van der Waals surface area contributed by atoms with Gasteiger partial charge in [-0.25, -0.2) is 0 Å². The molecule has 0 aliphatic carbocycles. The molecule has 2 heterocycles. The average Bonchev–Trinajstić information content (AvgIpc) is 3.46. The predicted octanol–water partition coefficient (Wildman–Crippen LogP) is 4.18. The van der Waals surface area contributed by atoms with E-state index < -0.39 is 0 Å². The summed E-state index contributed by atoms with van der Waals surface area (Å²) in [7, 11) is 0. The Morgan fingerprint density at radius 1 is 0.867 bits per heavy atom. The molecule has 6 nitrogen and oxygen atoms in total. The molecule has 2 amide bonds. The number of aromatic nitrogens is 2. The van der Waals surface area contributed by atoms with Gasteiger partial charge in [-0.1, -0.05) is 48.5 Å². The maximum absolute atomic E-state index is 12.5. The lowest BCUT2D eigenvalue weighted by molar-refractivity contribution is 0.0953. The topological polar surface area (TPSA) is 76.0 Å². The summed E-state index contributed by atoms with van der Waals surface area (Å²) in [6.07, 6.45) is 1.84. The lowest BCUT2D eigenvalue weighted by atomic mass is 10.1. The van der Waals surface area contributed by atoms with E-state index in [0.717, 1.165) is 11.1 Å². The van der Waals surface area contributed by atoms with Crippen LogP contribution in [0.1, 0.15) is 31.2 Å². The van der Waals surface area contributed by atoms with Crippen molar-refractivity contribution in [2.24, 2.45) is 0 Å². The average molecular weight is 417 g/mol. The van der Waals surface area contributed by atoms with Crippen LogP contribution in [0.4, 0.5) is 5.82 Å². The smallest absolute Gasteiger partial charge is 0.261 e. The molecule has 4 rings (SSSR count). The Morgan fingerprint density at radius 3 is 2.40 bits per heavy atom. The molecule has 0 saturated carbocycles. The van der Waals surface area contributed by atoms with E-state index >= 15 is 0 Å². The van der Waals surface area contributed by atoms with E-state index in [4.69, 9.17) is 0 Å². The quantitative estimate of drug-likeness (QED) is 0.475. The summed E-state index contributed by atoms with van der Waals surface area (Å²) in [5.74, 6) is 0.176. The molecule has 0 bridgehead atoms. The van der Waals surface area contributed by atoms with Crippen molar-refractivity contribution in [2.45, 2.75) is 13.1 Å². The fraction of sp³-hybridized carbons (Fsp3) is 0.0870. The van der Waals surface area contributed by atoms with Crippen LogP contribution in [0.15, 0.2) is 84.4 Å². The van der Waals surface area contributed by atoms with E-state index in [-0.39, 0.29) is 11.8 Å². The number of nitrogens with one attached hydrogen (secondary N) is 2. The summed E-state index contributed by atoms with van der Waals surface area (Å²) in [6, 6.07) is 22.6.